The largest absolute Gasteiger partial charge is 0.493 e. The number of amides is 2. The van der Waals surface area contributed by atoms with Crippen LogP contribution < -0.4 is 24.8 Å². The summed E-state index contributed by atoms with van der Waals surface area (Å²) < 4.78 is 15.7. The second kappa shape index (κ2) is 9.47. The summed E-state index contributed by atoms with van der Waals surface area (Å²) in [6.07, 6.45) is 0.221. The average Bonchev–Trinajstić information content (AvgIpc) is 2.65. The average molecular weight is 372 g/mol. The molecule has 2 rings (SSSR count). The molecule has 0 atom stereocenters. The molecule has 0 fully saturated rings. The highest BCUT2D eigenvalue weighted by atomic mass is 16.5. The summed E-state index contributed by atoms with van der Waals surface area (Å²) in [5, 5.41) is 5.31. The predicted octanol–water partition coefficient (Wildman–Crippen LogP) is 2.32. The van der Waals surface area contributed by atoms with Crippen LogP contribution in [0.3, 0.4) is 0 Å². The number of anilines is 1. The molecule has 0 aliphatic rings. The molecule has 7 nitrogen and oxygen atoms in total. The fourth-order valence-electron chi connectivity index (χ4n) is 2.61. The van der Waals surface area contributed by atoms with E-state index in [2.05, 4.69) is 10.6 Å². The minimum Gasteiger partial charge on any atom is -0.493 e. The number of methoxy groups -OCH3 is 3. The third kappa shape index (κ3) is 5.64. The van der Waals surface area contributed by atoms with E-state index in [0.29, 0.717) is 22.9 Å². The van der Waals surface area contributed by atoms with E-state index in [-0.39, 0.29) is 24.8 Å². The number of ether oxygens (including phenoxy) is 3. The number of rotatable bonds is 8. The van der Waals surface area contributed by atoms with Crippen molar-refractivity contribution >= 4 is 17.5 Å². The highest BCUT2D eigenvalue weighted by Gasteiger charge is 2.15. The smallest absolute Gasteiger partial charge is 0.243 e. The minimum atomic E-state index is -0.359. The molecule has 0 aliphatic carbocycles. The van der Waals surface area contributed by atoms with E-state index in [9.17, 15) is 9.59 Å². The van der Waals surface area contributed by atoms with Gasteiger partial charge in [0.05, 0.1) is 34.3 Å². The Morgan fingerprint density at radius 1 is 0.926 bits per heavy atom. The normalized spacial score (nSPS) is 10.1. The zero-order valence-corrected chi connectivity index (χ0v) is 15.9. The van der Waals surface area contributed by atoms with Crippen LogP contribution in [0.2, 0.25) is 0 Å². The Morgan fingerprint density at radius 2 is 1.59 bits per heavy atom. The molecule has 0 aromatic heterocycles. The van der Waals surface area contributed by atoms with Crippen molar-refractivity contribution in [1.29, 1.82) is 0 Å². The molecule has 7 heteroatoms. The first kappa shape index (κ1) is 20.1. The van der Waals surface area contributed by atoms with Gasteiger partial charge in [0.15, 0.2) is 11.5 Å². The lowest BCUT2D eigenvalue weighted by atomic mass is 10.1. The molecule has 0 bridgehead atoms. The van der Waals surface area contributed by atoms with Gasteiger partial charge in [-0.2, -0.15) is 0 Å². The third-order valence-electron chi connectivity index (χ3n) is 3.84. The molecule has 0 unspecified atom stereocenters. The monoisotopic (exact) mass is 372 g/mol. The lowest BCUT2D eigenvalue weighted by molar-refractivity contribution is -0.123. The Morgan fingerprint density at radius 3 is 2.15 bits per heavy atom. The van der Waals surface area contributed by atoms with Crippen LogP contribution in [0.4, 0.5) is 5.69 Å². The highest BCUT2D eigenvalue weighted by Crippen LogP contribution is 2.39. The zero-order chi connectivity index (χ0) is 19.8. The molecule has 0 radical (unpaired) electrons. The fraction of sp³-hybridized carbons (Fsp3) is 0.300. The first-order valence-electron chi connectivity index (χ1n) is 8.39. The minimum absolute atomic E-state index is 0.138. The van der Waals surface area contributed by atoms with Gasteiger partial charge in [0.2, 0.25) is 17.6 Å². The molecular formula is C20H24N2O5. The molecule has 0 aliphatic heterocycles. The molecule has 0 spiro atoms. The Hall–Kier alpha value is -3.22. The first-order chi connectivity index (χ1) is 13.0. The summed E-state index contributed by atoms with van der Waals surface area (Å²) in [7, 11) is 4.49. The third-order valence-corrected chi connectivity index (χ3v) is 3.84. The Balaban J connectivity index is 1.94. The van der Waals surface area contributed by atoms with Crippen LogP contribution in [0.5, 0.6) is 17.2 Å². The van der Waals surface area contributed by atoms with E-state index in [0.717, 1.165) is 11.1 Å². The summed E-state index contributed by atoms with van der Waals surface area (Å²) in [5.74, 6) is 0.707. The van der Waals surface area contributed by atoms with Gasteiger partial charge in [0.25, 0.3) is 0 Å². The summed E-state index contributed by atoms with van der Waals surface area (Å²) in [6.45, 7) is 1.83. The number of carbonyl (C=O) groups excluding carboxylic acids is 2. The maximum atomic E-state index is 12.1. The topological polar surface area (TPSA) is 85.9 Å². The highest BCUT2D eigenvalue weighted by molar-refractivity contribution is 5.95. The van der Waals surface area contributed by atoms with E-state index < -0.39 is 0 Å². The van der Waals surface area contributed by atoms with Gasteiger partial charge in [-0.15, -0.1) is 0 Å². The van der Waals surface area contributed by atoms with E-state index in [4.69, 9.17) is 14.2 Å². The van der Waals surface area contributed by atoms with Crippen molar-refractivity contribution in [2.24, 2.45) is 0 Å². The standard InChI is InChI=1S/C20H24N2O5/c1-13-6-5-7-14(8-13)9-18(23)21-12-19(24)22-15-10-16(25-2)20(27-4)17(11-15)26-3/h5-8,10-11H,9,12H2,1-4H3,(H,21,23)(H,22,24). The SMILES string of the molecule is COc1cc(NC(=O)CNC(=O)Cc2cccc(C)c2)cc(OC)c1OC. The van der Waals surface area contributed by atoms with Crippen LogP contribution in [-0.2, 0) is 16.0 Å². The summed E-state index contributed by atoms with van der Waals surface area (Å²) in [6, 6.07) is 10.9. The zero-order valence-electron chi connectivity index (χ0n) is 15.9. The van der Waals surface area contributed by atoms with Gasteiger partial charge in [-0.3, -0.25) is 9.59 Å². The quantitative estimate of drug-likeness (QED) is 0.743. The predicted molar refractivity (Wildman–Crippen MR) is 103 cm³/mol. The number of hydrogen-bond acceptors (Lipinski definition) is 5. The van der Waals surface area contributed by atoms with Crippen molar-refractivity contribution < 1.29 is 23.8 Å². The maximum Gasteiger partial charge on any atom is 0.243 e. The lowest BCUT2D eigenvalue weighted by Gasteiger charge is -2.14. The van der Waals surface area contributed by atoms with Crippen LogP contribution >= 0.6 is 0 Å². The van der Waals surface area contributed by atoms with Crippen molar-refractivity contribution in [2.75, 3.05) is 33.2 Å². The Kier molecular flexibility index (Phi) is 7.05. The Labute approximate surface area is 158 Å². The van der Waals surface area contributed by atoms with E-state index in [1.165, 1.54) is 21.3 Å². The van der Waals surface area contributed by atoms with E-state index in [1.807, 2.05) is 31.2 Å². The van der Waals surface area contributed by atoms with E-state index in [1.54, 1.807) is 12.1 Å². The van der Waals surface area contributed by atoms with Gasteiger partial charge < -0.3 is 24.8 Å². The van der Waals surface area contributed by atoms with Crippen molar-refractivity contribution in [1.82, 2.24) is 5.32 Å². The van der Waals surface area contributed by atoms with Crippen LogP contribution in [-0.4, -0.2) is 39.7 Å². The van der Waals surface area contributed by atoms with Crippen molar-refractivity contribution in [2.45, 2.75) is 13.3 Å². The lowest BCUT2D eigenvalue weighted by Crippen LogP contribution is -2.33. The van der Waals surface area contributed by atoms with Gasteiger partial charge in [-0.05, 0) is 12.5 Å². The molecule has 2 aromatic rings. The first-order valence-corrected chi connectivity index (χ1v) is 8.39. The van der Waals surface area contributed by atoms with Crippen LogP contribution in [0.25, 0.3) is 0 Å². The fourth-order valence-corrected chi connectivity index (χ4v) is 2.61. The van der Waals surface area contributed by atoms with Crippen molar-refractivity contribution in [3.63, 3.8) is 0 Å². The van der Waals surface area contributed by atoms with Gasteiger partial charge in [-0.25, -0.2) is 0 Å². The van der Waals surface area contributed by atoms with Gasteiger partial charge in [-0.1, -0.05) is 29.8 Å². The molecular weight excluding hydrogens is 348 g/mol. The van der Waals surface area contributed by atoms with Crippen LogP contribution in [0.15, 0.2) is 36.4 Å². The van der Waals surface area contributed by atoms with Crippen LogP contribution in [0, 0.1) is 6.92 Å². The molecule has 27 heavy (non-hydrogen) atoms. The Bertz CT molecular complexity index is 795. The molecule has 0 saturated carbocycles. The van der Waals surface area contributed by atoms with Crippen molar-refractivity contribution in [3.8, 4) is 17.2 Å². The summed E-state index contributed by atoms with van der Waals surface area (Å²) in [4.78, 5) is 24.2. The maximum absolute atomic E-state index is 12.1. The molecule has 2 amide bonds. The summed E-state index contributed by atoms with van der Waals surface area (Å²) in [5.41, 5.74) is 2.46. The molecule has 144 valence electrons. The van der Waals surface area contributed by atoms with Gasteiger partial charge in [0, 0.05) is 17.8 Å². The summed E-state index contributed by atoms with van der Waals surface area (Å²) >= 11 is 0. The van der Waals surface area contributed by atoms with Crippen molar-refractivity contribution in [3.05, 3.63) is 47.5 Å². The number of benzene rings is 2. The van der Waals surface area contributed by atoms with Gasteiger partial charge >= 0.3 is 0 Å². The molecule has 0 heterocycles. The molecule has 2 N–H and O–H groups in total. The van der Waals surface area contributed by atoms with E-state index >= 15 is 0 Å². The number of carbonyl (C=O) groups is 2. The number of hydrogen-bond donors (Lipinski definition) is 2. The number of aryl methyl sites for hydroxylation is 1. The second-order valence-electron chi connectivity index (χ2n) is 5.90. The van der Waals surface area contributed by atoms with Gasteiger partial charge in [0.1, 0.15) is 0 Å². The molecule has 2 aromatic carbocycles. The molecule has 0 saturated heterocycles. The van der Waals surface area contributed by atoms with Crippen LogP contribution in [0.1, 0.15) is 11.1 Å². The second-order valence-corrected chi connectivity index (χ2v) is 5.90. The number of nitrogens with one attached hydrogen (secondary N) is 2.